The van der Waals surface area contributed by atoms with Crippen LogP contribution in [-0.4, -0.2) is 11.7 Å². The van der Waals surface area contributed by atoms with Gasteiger partial charge in [-0.15, -0.1) is 11.8 Å². The van der Waals surface area contributed by atoms with Crippen LogP contribution in [0.3, 0.4) is 0 Å². The zero-order chi connectivity index (χ0) is 14.5. The SMILES string of the molecule is Cc1ccc(N)cc1SCC(=O)Nc1ccc(Br)cc1. The van der Waals surface area contributed by atoms with Gasteiger partial charge in [-0.3, -0.25) is 4.79 Å². The van der Waals surface area contributed by atoms with E-state index in [0.717, 1.165) is 20.6 Å². The minimum Gasteiger partial charge on any atom is -0.399 e. The summed E-state index contributed by atoms with van der Waals surface area (Å²) in [6, 6.07) is 13.2. The van der Waals surface area contributed by atoms with Crippen molar-refractivity contribution in [2.24, 2.45) is 0 Å². The molecule has 0 aliphatic heterocycles. The Balaban J connectivity index is 1.92. The van der Waals surface area contributed by atoms with Gasteiger partial charge in [0.1, 0.15) is 0 Å². The van der Waals surface area contributed by atoms with E-state index in [0.29, 0.717) is 11.4 Å². The van der Waals surface area contributed by atoms with Crippen molar-refractivity contribution in [3.05, 3.63) is 52.5 Å². The normalized spacial score (nSPS) is 10.3. The van der Waals surface area contributed by atoms with Gasteiger partial charge < -0.3 is 11.1 Å². The van der Waals surface area contributed by atoms with Crippen LogP contribution in [0.4, 0.5) is 11.4 Å². The van der Waals surface area contributed by atoms with E-state index in [1.807, 2.05) is 49.4 Å². The molecule has 0 heterocycles. The van der Waals surface area contributed by atoms with E-state index < -0.39 is 0 Å². The number of nitrogen functional groups attached to an aromatic ring is 1. The number of hydrogen-bond donors (Lipinski definition) is 2. The number of anilines is 2. The minimum absolute atomic E-state index is 0.0286. The number of benzene rings is 2. The highest BCUT2D eigenvalue weighted by Gasteiger charge is 2.06. The molecule has 2 aromatic carbocycles. The monoisotopic (exact) mass is 350 g/mol. The highest BCUT2D eigenvalue weighted by Crippen LogP contribution is 2.24. The van der Waals surface area contributed by atoms with E-state index in [1.165, 1.54) is 11.8 Å². The second-order valence-electron chi connectivity index (χ2n) is 4.37. The van der Waals surface area contributed by atoms with Crippen LogP contribution in [0, 0.1) is 6.92 Å². The first kappa shape index (κ1) is 14.9. The van der Waals surface area contributed by atoms with Crippen LogP contribution in [0.25, 0.3) is 0 Å². The fraction of sp³-hybridized carbons (Fsp3) is 0.133. The van der Waals surface area contributed by atoms with Crippen LogP contribution >= 0.6 is 27.7 Å². The number of thioether (sulfide) groups is 1. The molecule has 0 unspecified atom stereocenters. The topological polar surface area (TPSA) is 55.1 Å². The fourth-order valence-corrected chi connectivity index (χ4v) is 2.78. The van der Waals surface area contributed by atoms with Gasteiger partial charge in [-0.25, -0.2) is 0 Å². The van der Waals surface area contributed by atoms with E-state index in [2.05, 4.69) is 21.2 Å². The van der Waals surface area contributed by atoms with E-state index in [-0.39, 0.29) is 5.91 Å². The second-order valence-corrected chi connectivity index (χ2v) is 6.30. The molecule has 3 N–H and O–H groups in total. The standard InChI is InChI=1S/C15H15BrN2OS/c1-10-2-5-12(17)8-14(10)20-9-15(19)18-13-6-3-11(16)4-7-13/h2-8H,9,17H2,1H3,(H,18,19). The van der Waals surface area contributed by atoms with Crippen molar-refractivity contribution in [3.8, 4) is 0 Å². The average Bonchev–Trinajstić information content (AvgIpc) is 2.42. The Bertz CT molecular complexity index is 614. The lowest BCUT2D eigenvalue weighted by atomic mass is 10.2. The molecule has 0 aromatic heterocycles. The molecule has 0 aliphatic carbocycles. The third-order valence-corrected chi connectivity index (χ3v) is 4.38. The van der Waals surface area contributed by atoms with Crippen LogP contribution in [0.2, 0.25) is 0 Å². The molecular weight excluding hydrogens is 336 g/mol. The second kappa shape index (κ2) is 6.81. The molecule has 0 fully saturated rings. The Labute approximate surface area is 131 Å². The molecule has 0 saturated heterocycles. The zero-order valence-electron chi connectivity index (χ0n) is 11.0. The molecule has 20 heavy (non-hydrogen) atoms. The summed E-state index contributed by atoms with van der Waals surface area (Å²) < 4.78 is 0.986. The zero-order valence-corrected chi connectivity index (χ0v) is 13.4. The lowest BCUT2D eigenvalue weighted by Gasteiger charge is -2.08. The Hall–Kier alpha value is -1.46. The smallest absolute Gasteiger partial charge is 0.234 e. The first-order valence-electron chi connectivity index (χ1n) is 6.09. The number of aryl methyl sites for hydroxylation is 1. The van der Waals surface area contributed by atoms with Gasteiger partial charge in [-0.05, 0) is 48.9 Å². The largest absolute Gasteiger partial charge is 0.399 e. The third-order valence-electron chi connectivity index (χ3n) is 2.70. The quantitative estimate of drug-likeness (QED) is 0.645. The number of amides is 1. The lowest BCUT2D eigenvalue weighted by molar-refractivity contribution is -0.113. The van der Waals surface area contributed by atoms with Crippen LogP contribution in [0.15, 0.2) is 51.8 Å². The Kier molecular flexibility index (Phi) is 5.09. The molecule has 5 heteroatoms. The summed E-state index contributed by atoms with van der Waals surface area (Å²) in [5.74, 6) is 0.333. The summed E-state index contributed by atoms with van der Waals surface area (Å²) in [6.07, 6.45) is 0. The van der Waals surface area contributed by atoms with Gasteiger partial charge in [0, 0.05) is 20.7 Å². The molecule has 0 saturated carbocycles. The van der Waals surface area contributed by atoms with Gasteiger partial charge in [0.15, 0.2) is 0 Å². The number of hydrogen-bond acceptors (Lipinski definition) is 3. The summed E-state index contributed by atoms with van der Waals surface area (Å²) in [6.45, 7) is 2.01. The van der Waals surface area contributed by atoms with Gasteiger partial charge in [-0.1, -0.05) is 22.0 Å². The van der Waals surface area contributed by atoms with Gasteiger partial charge in [0.05, 0.1) is 5.75 Å². The van der Waals surface area contributed by atoms with E-state index in [4.69, 9.17) is 5.73 Å². The number of rotatable bonds is 4. The molecule has 2 aromatic rings. The first-order chi connectivity index (χ1) is 9.54. The number of carbonyl (C=O) groups is 1. The van der Waals surface area contributed by atoms with Crippen molar-refractivity contribution >= 4 is 45.0 Å². The van der Waals surface area contributed by atoms with Crippen molar-refractivity contribution < 1.29 is 4.79 Å². The van der Waals surface area contributed by atoms with Gasteiger partial charge in [-0.2, -0.15) is 0 Å². The Morgan fingerprint density at radius 1 is 1.25 bits per heavy atom. The van der Waals surface area contributed by atoms with Gasteiger partial charge in [0.2, 0.25) is 5.91 Å². The maximum absolute atomic E-state index is 11.9. The molecule has 0 aliphatic rings. The molecule has 1 amide bonds. The summed E-state index contributed by atoms with van der Waals surface area (Å²) in [7, 11) is 0. The van der Waals surface area contributed by atoms with Gasteiger partial charge >= 0.3 is 0 Å². The maximum Gasteiger partial charge on any atom is 0.234 e. The summed E-state index contributed by atoms with van der Waals surface area (Å²) in [4.78, 5) is 12.9. The Morgan fingerprint density at radius 3 is 2.65 bits per heavy atom. The van der Waals surface area contributed by atoms with E-state index in [9.17, 15) is 4.79 Å². The number of carbonyl (C=O) groups excluding carboxylic acids is 1. The van der Waals surface area contributed by atoms with Crippen molar-refractivity contribution in [1.82, 2.24) is 0 Å². The van der Waals surface area contributed by atoms with Crippen LogP contribution < -0.4 is 11.1 Å². The number of halogens is 1. The van der Waals surface area contributed by atoms with E-state index >= 15 is 0 Å². The van der Waals surface area contributed by atoms with Crippen molar-refractivity contribution in [3.63, 3.8) is 0 Å². The number of nitrogens with two attached hydrogens (primary N) is 1. The molecule has 2 rings (SSSR count). The Morgan fingerprint density at radius 2 is 1.95 bits per heavy atom. The van der Waals surface area contributed by atoms with Crippen molar-refractivity contribution in [2.45, 2.75) is 11.8 Å². The highest BCUT2D eigenvalue weighted by molar-refractivity contribution is 9.10. The average molecular weight is 351 g/mol. The summed E-state index contributed by atoms with van der Waals surface area (Å²) in [5.41, 5.74) is 8.39. The molecule has 0 spiro atoms. The molecule has 0 radical (unpaired) electrons. The minimum atomic E-state index is -0.0286. The van der Waals surface area contributed by atoms with Crippen molar-refractivity contribution in [2.75, 3.05) is 16.8 Å². The van der Waals surface area contributed by atoms with Crippen LogP contribution in [0.1, 0.15) is 5.56 Å². The summed E-state index contributed by atoms with van der Waals surface area (Å²) in [5, 5.41) is 2.86. The molecular formula is C15H15BrN2OS. The predicted molar refractivity (Wildman–Crippen MR) is 89.1 cm³/mol. The number of nitrogens with one attached hydrogen (secondary N) is 1. The van der Waals surface area contributed by atoms with Crippen LogP contribution in [0.5, 0.6) is 0 Å². The van der Waals surface area contributed by atoms with Crippen LogP contribution in [-0.2, 0) is 4.79 Å². The van der Waals surface area contributed by atoms with Gasteiger partial charge in [0.25, 0.3) is 0 Å². The molecule has 0 bridgehead atoms. The molecule has 104 valence electrons. The first-order valence-corrected chi connectivity index (χ1v) is 7.87. The predicted octanol–water partition coefficient (Wildman–Crippen LogP) is 4.07. The molecule has 3 nitrogen and oxygen atoms in total. The summed E-state index contributed by atoms with van der Waals surface area (Å²) >= 11 is 4.85. The third kappa shape index (κ3) is 4.28. The van der Waals surface area contributed by atoms with E-state index in [1.54, 1.807) is 0 Å². The maximum atomic E-state index is 11.9. The fourth-order valence-electron chi connectivity index (χ4n) is 1.65. The molecule has 0 atom stereocenters. The highest BCUT2D eigenvalue weighted by atomic mass is 79.9. The van der Waals surface area contributed by atoms with Crippen molar-refractivity contribution in [1.29, 1.82) is 0 Å². The lowest BCUT2D eigenvalue weighted by Crippen LogP contribution is -2.13.